The highest BCUT2D eigenvalue weighted by atomic mass is 35.5. The zero-order chi connectivity index (χ0) is 26.2. The minimum Gasteiger partial charge on any atom is -0.493 e. The number of fused-ring (bicyclic) bond motifs is 1. The van der Waals surface area contributed by atoms with E-state index in [2.05, 4.69) is 16.0 Å². The summed E-state index contributed by atoms with van der Waals surface area (Å²) in [6, 6.07) is 20.6. The molecule has 0 bridgehead atoms. The molecule has 37 heavy (non-hydrogen) atoms. The van der Waals surface area contributed by atoms with E-state index in [0.717, 1.165) is 53.3 Å². The van der Waals surface area contributed by atoms with E-state index in [4.69, 9.17) is 26.1 Å². The summed E-state index contributed by atoms with van der Waals surface area (Å²) in [6.45, 7) is 5.28. The molecule has 3 aromatic carbocycles. The van der Waals surface area contributed by atoms with Gasteiger partial charge in [-0.1, -0.05) is 42.0 Å². The minimum atomic E-state index is -0.272. The number of rotatable bonds is 11. The van der Waals surface area contributed by atoms with Crippen LogP contribution in [0.3, 0.4) is 0 Å². The quantitative estimate of drug-likeness (QED) is 0.216. The normalized spacial score (nSPS) is 12.1. The molecule has 0 spiro atoms. The third-order valence-corrected chi connectivity index (χ3v) is 6.36. The average molecular weight is 518 g/mol. The van der Waals surface area contributed by atoms with E-state index >= 15 is 0 Å². The molecule has 0 aliphatic rings. The zero-order valence-corrected chi connectivity index (χ0v) is 22.2. The van der Waals surface area contributed by atoms with E-state index in [1.807, 2.05) is 62.4 Å². The molecule has 4 aromatic rings. The fraction of sp³-hybridized carbons (Fsp3) is 0.267. The fourth-order valence-electron chi connectivity index (χ4n) is 4.26. The maximum Gasteiger partial charge on any atom is 0.251 e. The molecule has 0 saturated carbocycles. The molecule has 1 N–H and O–H groups in total. The lowest BCUT2D eigenvalue weighted by atomic mass is 10.2. The summed E-state index contributed by atoms with van der Waals surface area (Å²) in [7, 11) is 1.65. The Morgan fingerprint density at radius 3 is 2.62 bits per heavy atom. The van der Waals surface area contributed by atoms with Crippen LogP contribution in [0.25, 0.3) is 17.1 Å². The van der Waals surface area contributed by atoms with Crippen LogP contribution in [-0.2, 0) is 6.54 Å². The van der Waals surface area contributed by atoms with Crippen LogP contribution >= 0.6 is 11.6 Å². The van der Waals surface area contributed by atoms with Crippen molar-refractivity contribution in [3.05, 3.63) is 94.8 Å². The molecule has 7 heteroatoms. The van der Waals surface area contributed by atoms with Crippen LogP contribution in [0, 0.1) is 0 Å². The van der Waals surface area contributed by atoms with Crippen LogP contribution < -0.4 is 14.8 Å². The Balaban J connectivity index is 1.40. The number of allylic oxidation sites excluding steroid dienone is 1. The van der Waals surface area contributed by atoms with Gasteiger partial charge in [0.2, 0.25) is 0 Å². The molecular weight excluding hydrogens is 486 g/mol. The Morgan fingerprint density at radius 1 is 1.08 bits per heavy atom. The zero-order valence-electron chi connectivity index (χ0n) is 21.4. The van der Waals surface area contributed by atoms with Crippen molar-refractivity contribution in [2.24, 2.45) is 0 Å². The first-order valence-electron chi connectivity index (χ1n) is 12.4. The van der Waals surface area contributed by atoms with Crippen LogP contribution in [-0.4, -0.2) is 29.2 Å². The summed E-state index contributed by atoms with van der Waals surface area (Å²) >= 11 is 5.96. The van der Waals surface area contributed by atoms with Crippen LogP contribution in [0.5, 0.6) is 11.5 Å². The molecule has 0 fully saturated rings. The van der Waals surface area contributed by atoms with E-state index in [1.165, 1.54) is 0 Å². The highest BCUT2D eigenvalue weighted by molar-refractivity contribution is 6.30. The lowest BCUT2D eigenvalue weighted by Gasteiger charge is -2.17. The maximum absolute atomic E-state index is 12.8. The summed E-state index contributed by atoms with van der Waals surface area (Å²) in [5.74, 6) is 2.13. The van der Waals surface area contributed by atoms with Gasteiger partial charge in [-0.05, 0) is 80.8 Å². The van der Waals surface area contributed by atoms with Gasteiger partial charge in [-0.15, -0.1) is 0 Å². The van der Waals surface area contributed by atoms with E-state index < -0.39 is 0 Å². The average Bonchev–Trinajstić information content (AvgIpc) is 3.28. The molecule has 1 heterocycles. The highest BCUT2D eigenvalue weighted by Crippen LogP contribution is 2.29. The van der Waals surface area contributed by atoms with Gasteiger partial charge >= 0.3 is 0 Å². The first-order chi connectivity index (χ1) is 18.0. The van der Waals surface area contributed by atoms with Crippen molar-refractivity contribution in [2.45, 2.75) is 39.3 Å². The Bertz CT molecular complexity index is 1380. The molecule has 4 rings (SSSR count). The van der Waals surface area contributed by atoms with Crippen molar-refractivity contribution in [1.82, 2.24) is 14.9 Å². The van der Waals surface area contributed by atoms with Crippen molar-refractivity contribution in [3.63, 3.8) is 0 Å². The second kappa shape index (κ2) is 12.5. The molecule has 1 amide bonds. The van der Waals surface area contributed by atoms with Crippen LogP contribution in [0.4, 0.5) is 0 Å². The SMILES string of the molecule is C/C=C/c1ccc(OCCCCn2c(C(C)NC(=O)c3ccc(Cl)cc3)nc3ccccc32)c(OC)c1. The number of nitrogens with zero attached hydrogens (tertiary/aromatic N) is 2. The standard InChI is InChI=1S/C30H32ClN3O3/c1-4-9-22-12-17-27(28(20-22)36-3)37-19-8-7-18-34-26-11-6-5-10-25(26)33-29(34)21(2)32-30(35)23-13-15-24(31)16-14-23/h4-6,9-17,20-21H,7-8,18-19H2,1-3H3,(H,32,35)/b9-4+. The summed E-state index contributed by atoms with van der Waals surface area (Å²) in [4.78, 5) is 17.6. The van der Waals surface area contributed by atoms with Gasteiger partial charge in [0.1, 0.15) is 5.82 Å². The molecule has 192 valence electrons. The van der Waals surface area contributed by atoms with E-state index in [-0.39, 0.29) is 11.9 Å². The highest BCUT2D eigenvalue weighted by Gasteiger charge is 2.19. The number of imidazole rings is 1. The van der Waals surface area contributed by atoms with Gasteiger partial charge in [-0.3, -0.25) is 4.79 Å². The van der Waals surface area contributed by atoms with Crippen molar-refractivity contribution in [1.29, 1.82) is 0 Å². The lowest BCUT2D eigenvalue weighted by Crippen LogP contribution is -2.28. The van der Waals surface area contributed by atoms with E-state index in [0.29, 0.717) is 17.2 Å². The number of hydrogen-bond acceptors (Lipinski definition) is 4. The lowest BCUT2D eigenvalue weighted by molar-refractivity contribution is 0.0937. The number of carbonyl (C=O) groups is 1. The fourth-order valence-corrected chi connectivity index (χ4v) is 4.39. The molecule has 0 radical (unpaired) electrons. The number of unbranched alkanes of at least 4 members (excludes halogenated alkanes) is 1. The van der Waals surface area contributed by atoms with Crippen LogP contribution in [0.1, 0.15) is 54.5 Å². The first kappa shape index (κ1) is 26.3. The van der Waals surface area contributed by atoms with E-state index in [9.17, 15) is 4.79 Å². The predicted octanol–water partition coefficient (Wildman–Crippen LogP) is 7.08. The second-order valence-corrected chi connectivity index (χ2v) is 9.21. The molecule has 6 nitrogen and oxygen atoms in total. The Hall–Kier alpha value is -3.77. The molecule has 1 unspecified atom stereocenters. The summed E-state index contributed by atoms with van der Waals surface area (Å²) in [6.07, 6.45) is 5.77. The number of benzene rings is 3. The predicted molar refractivity (Wildman–Crippen MR) is 149 cm³/mol. The van der Waals surface area contributed by atoms with Gasteiger partial charge < -0.3 is 19.4 Å². The van der Waals surface area contributed by atoms with Gasteiger partial charge in [-0.2, -0.15) is 0 Å². The number of carbonyl (C=O) groups excluding carboxylic acids is 1. The van der Waals surface area contributed by atoms with Gasteiger partial charge in [-0.25, -0.2) is 4.98 Å². The van der Waals surface area contributed by atoms with Gasteiger partial charge in [0.05, 0.1) is 30.8 Å². The Kier molecular flexibility index (Phi) is 8.86. The maximum atomic E-state index is 12.8. The molecular formula is C30H32ClN3O3. The van der Waals surface area contributed by atoms with Gasteiger partial charge in [0.25, 0.3) is 5.91 Å². The van der Waals surface area contributed by atoms with Crippen molar-refractivity contribution in [3.8, 4) is 11.5 Å². The Morgan fingerprint density at radius 2 is 1.86 bits per heavy atom. The van der Waals surface area contributed by atoms with Gasteiger partial charge in [0, 0.05) is 17.1 Å². The number of ether oxygens (including phenoxy) is 2. The summed E-state index contributed by atoms with van der Waals surface area (Å²) < 4.78 is 13.7. The van der Waals surface area contributed by atoms with Gasteiger partial charge in [0.15, 0.2) is 11.5 Å². The number of halogens is 1. The number of para-hydroxylation sites is 2. The number of nitrogens with one attached hydrogen (secondary N) is 1. The molecule has 1 aromatic heterocycles. The number of aryl methyl sites for hydroxylation is 1. The number of amides is 1. The summed E-state index contributed by atoms with van der Waals surface area (Å²) in [5, 5.41) is 3.67. The smallest absolute Gasteiger partial charge is 0.251 e. The molecule has 0 aliphatic carbocycles. The first-order valence-corrected chi connectivity index (χ1v) is 12.8. The number of methoxy groups -OCH3 is 1. The molecule has 1 atom stereocenters. The second-order valence-electron chi connectivity index (χ2n) is 8.78. The van der Waals surface area contributed by atoms with Crippen molar-refractivity contribution >= 4 is 34.6 Å². The largest absolute Gasteiger partial charge is 0.493 e. The summed E-state index contributed by atoms with van der Waals surface area (Å²) in [5.41, 5.74) is 3.59. The molecule has 0 aliphatic heterocycles. The Labute approximate surface area is 222 Å². The number of hydrogen-bond donors (Lipinski definition) is 1. The van der Waals surface area contributed by atoms with E-state index in [1.54, 1.807) is 31.4 Å². The third kappa shape index (κ3) is 6.52. The minimum absolute atomic E-state index is 0.162. The molecule has 0 saturated heterocycles. The van der Waals surface area contributed by atoms with Crippen molar-refractivity contribution in [2.75, 3.05) is 13.7 Å². The number of aromatic nitrogens is 2. The van der Waals surface area contributed by atoms with Crippen LogP contribution in [0.2, 0.25) is 5.02 Å². The van der Waals surface area contributed by atoms with Crippen LogP contribution in [0.15, 0.2) is 72.8 Å². The van der Waals surface area contributed by atoms with Crippen molar-refractivity contribution < 1.29 is 14.3 Å². The third-order valence-electron chi connectivity index (χ3n) is 6.11. The topological polar surface area (TPSA) is 65.4 Å². The monoisotopic (exact) mass is 517 g/mol.